The van der Waals surface area contributed by atoms with Gasteiger partial charge in [0.15, 0.2) is 0 Å². The standard InChI is InChI=1S/C9H17NO3/c1-6(2)5-7(9(12)13)3-4-8(10)11/h6-7H,3-5H2,1-2H3,(H2,10,11)(H,12,13). The van der Waals surface area contributed by atoms with E-state index in [4.69, 9.17) is 10.8 Å². The summed E-state index contributed by atoms with van der Waals surface area (Å²) in [6.45, 7) is 3.92. The lowest BCUT2D eigenvalue weighted by Crippen LogP contribution is -2.19. The highest BCUT2D eigenvalue weighted by atomic mass is 16.4. The largest absolute Gasteiger partial charge is 0.481 e. The van der Waals surface area contributed by atoms with Gasteiger partial charge in [-0.15, -0.1) is 0 Å². The molecule has 76 valence electrons. The molecule has 0 bridgehead atoms. The summed E-state index contributed by atoms with van der Waals surface area (Å²) in [4.78, 5) is 21.1. The molecule has 0 aliphatic carbocycles. The zero-order chi connectivity index (χ0) is 10.4. The molecule has 0 spiro atoms. The number of carboxylic acids is 1. The van der Waals surface area contributed by atoms with Crippen LogP contribution < -0.4 is 5.73 Å². The van der Waals surface area contributed by atoms with Gasteiger partial charge in [0.1, 0.15) is 0 Å². The molecule has 0 saturated carbocycles. The van der Waals surface area contributed by atoms with Crippen molar-refractivity contribution in [2.75, 3.05) is 0 Å². The number of carbonyl (C=O) groups is 2. The summed E-state index contributed by atoms with van der Waals surface area (Å²) >= 11 is 0. The van der Waals surface area contributed by atoms with Gasteiger partial charge in [-0.05, 0) is 18.8 Å². The summed E-state index contributed by atoms with van der Waals surface area (Å²) in [5.41, 5.74) is 4.94. The van der Waals surface area contributed by atoms with E-state index in [1.807, 2.05) is 13.8 Å². The maximum absolute atomic E-state index is 10.7. The van der Waals surface area contributed by atoms with Crippen LogP contribution in [0.5, 0.6) is 0 Å². The van der Waals surface area contributed by atoms with E-state index in [1.54, 1.807) is 0 Å². The summed E-state index contributed by atoms with van der Waals surface area (Å²) in [5.74, 6) is -1.38. The number of hydrogen-bond donors (Lipinski definition) is 2. The van der Waals surface area contributed by atoms with Crippen molar-refractivity contribution in [3.05, 3.63) is 0 Å². The van der Waals surface area contributed by atoms with Crippen LogP contribution in [0, 0.1) is 11.8 Å². The number of rotatable bonds is 6. The Labute approximate surface area is 78.1 Å². The van der Waals surface area contributed by atoms with Crippen LogP contribution in [0.15, 0.2) is 0 Å². The number of hydrogen-bond acceptors (Lipinski definition) is 2. The van der Waals surface area contributed by atoms with Crippen LogP contribution in [-0.4, -0.2) is 17.0 Å². The normalized spacial score (nSPS) is 12.8. The van der Waals surface area contributed by atoms with Crippen molar-refractivity contribution < 1.29 is 14.7 Å². The molecule has 0 aromatic carbocycles. The summed E-state index contributed by atoms with van der Waals surface area (Å²) in [5, 5.41) is 8.78. The van der Waals surface area contributed by atoms with Crippen molar-refractivity contribution in [2.24, 2.45) is 17.6 Å². The van der Waals surface area contributed by atoms with E-state index in [-0.39, 0.29) is 6.42 Å². The lowest BCUT2D eigenvalue weighted by molar-refractivity contribution is -0.142. The van der Waals surface area contributed by atoms with Crippen LogP contribution in [0.1, 0.15) is 33.1 Å². The highest BCUT2D eigenvalue weighted by molar-refractivity contribution is 5.75. The number of amides is 1. The number of carboxylic acid groups (broad SMARTS) is 1. The molecule has 0 heterocycles. The van der Waals surface area contributed by atoms with E-state index in [2.05, 4.69) is 0 Å². The molecule has 4 heteroatoms. The fourth-order valence-electron chi connectivity index (χ4n) is 1.23. The Morgan fingerprint density at radius 1 is 1.38 bits per heavy atom. The van der Waals surface area contributed by atoms with Gasteiger partial charge < -0.3 is 10.8 Å². The Morgan fingerprint density at radius 3 is 2.23 bits per heavy atom. The molecule has 0 saturated heterocycles. The van der Waals surface area contributed by atoms with Gasteiger partial charge in [0.05, 0.1) is 5.92 Å². The summed E-state index contributed by atoms with van der Waals surface area (Å²) in [6, 6.07) is 0. The van der Waals surface area contributed by atoms with E-state index < -0.39 is 17.8 Å². The second kappa shape index (κ2) is 5.56. The quantitative estimate of drug-likeness (QED) is 0.650. The number of aliphatic carboxylic acids is 1. The molecular formula is C9H17NO3. The molecule has 13 heavy (non-hydrogen) atoms. The van der Waals surface area contributed by atoms with Crippen LogP contribution in [0.25, 0.3) is 0 Å². The van der Waals surface area contributed by atoms with Crippen molar-refractivity contribution in [1.82, 2.24) is 0 Å². The van der Waals surface area contributed by atoms with Crippen LogP contribution in [0.2, 0.25) is 0 Å². The first-order chi connectivity index (χ1) is 5.93. The second-order valence-electron chi connectivity index (χ2n) is 3.67. The Hall–Kier alpha value is -1.06. The third-order valence-electron chi connectivity index (χ3n) is 1.84. The highest BCUT2D eigenvalue weighted by Crippen LogP contribution is 2.17. The Bertz CT molecular complexity index is 189. The van der Waals surface area contributed by atoms with Crippen molar-refractivity contribution in [3.63, 3.8) is 0 Å². The van der Waals surface area contributed by atoms with Crippen molar-refractivity contribution in [2.45, 2.75) is 33.1 Å². The first-order valence-corrected chi connectivity index (χ1v) is 4.44. The minimum Gasteiger partial charge on any atom is -0.481 e. The fourth-order valence-corrected chi connectivity index (χ4v) is 1.23. The van der Waals surface area contributed by atoms with Gasteiger partial charge in [-0.2, -0.15) is 0 Å². The van der Waals surface area contributed by atoms with Crippen LogP contribution in [0.3, 0.4) is 0 Å². The maximum atomic E-state index is 10.7. The molecule has 1 unspecified atom stereocenters. The summed E-state index contributed by atoms with van der Waals surface area (Å²) < 4.78 is 0. The zero-order valence-electron chi connectivity index (χ0n) is 8.12. The van der Waals surface area contributed by atoms with Gasteiger partial charge in [0.2, 0.25) is 5.91 Å². The van der Waals surface area contributed by atoms with E-state index >= 15 is 0 Å². The molecule has 0 rings (SSSR count). The monoisotopic (exact) mass is 187 g/mol. The molecule has 0 aromatic heterocycles. The van der Waals surface area contributed by atoms with Gasteiger partial charge in [-0.25, -0.2) is 0 Å². The molecule has 0 aliphatic heterocycles. The van der Waals surface area contributed by atoms with Crippen molar-refractivity contribution >= 4 is 11.9 Å². The summed E-state index contributed by atoms with van der Waals surface area (Å²) in [7, 11) is 0. The molecule has 3 N–H and O–H groups in total. The average molecular weight is 187 g/mol. The first-order valence-electron chi connectivity index (χ1n) is 4.44. The van der Waals surface area contributed by atoms with Gasteiger partial charge in [0.25, 0.3) is 0 Å². The Kier molecular flexibility index (Phi) is 5.11. The maximum Gasteiger partial charge on any atom is 0.306 e. The molecule has 0 aliphatic rings. The molecule has 0 aromatic rings. The third-order valence-corrected chi connectivity index (χ3v) is 1.84. The lowest BCUT2D eigenvalue weighted by Gasteiger charge is -2.13. The molecule has 4 nitrogen and oxygen atoms in total. The van der Waals surface area contributed by atoms with Gasteiger partial charge >= 0.3 is 5.97 Å². The highest BCUT2D eigenvalue weighted by Gasteiger charge is 2.18. The average Bonchev–Trinajstić information content (AvgIpc) is 1.96. The van der Waals surface area contributed by atoms with Gasteiger partial charge in [-0.3, -0.25) is 9.59 Å². The Balaban J connectivity index is 3.95. The minimum atomic E-state index is -0.838. The fraction of sp³-hybridized carbons (Fsp3) is 0.778. The molecule has 0 radical (unpaired) electrons. The van der Waals surface area contributed by atoms with Gasteiger partial charge in [0, 0.05) is 6.42 Å². The van der Waals surface area contributed by atoms with Crippen molar-refractivity contribution in [3.8, 4) is 0 Å². The van der Waals surface area contributed by atoms with Crippen LogP contribution >= 0.6 is 0 Å². The SMILES string of the molecule is CC(C)CC(CCC(N)=O)C(=O)O. The zero-order valence-corrected chi connectivity index (χ0v) is 8.12. The van der Waals surface area contributed by atoms with Crippen LogP contribution in [0.4, 0.5) is 0 Å². The molecule has 0 fully saturated rings. The van der Waals surface area contributed by atoms with Crippen LogP contribution in [-0.2, 0) is 9.59 Å². The predicted octanol–water partition coefficient (Wildman–Crippen LogP) is 0.999. The first kappa shape index (κ1) is 11.9. The molecule has 1 amide bonds. The topological polar surface area (TPSA) is 80.4 Å². The number of primary amides is 1. The van der Waals surface area contributed by atoms with Crippen molar-refractivity contribution in [1.29, 1.82) is 0 Å². The lowest BCUT2D eigenvalue weighted by atomic mass is 9.93. The second-order valence-corrected chi connectivity index (χ2v) is 3.67. The predicted molar refractivity (Wildman–Crippen MR) is 49.0 cm³/mol. The molecule has 1 atom stereocenters. The number of carbonyl (C=O) groups excluding carboxylic acids is 1. The summed E-state index contributed by atoms with van der Waals surface area (Å²) in [6.07, 6.45) is 1.11. The third kappa shape index (κ3) is 6.13. The Morgan fingerprint density at radius 2 is 1.92 bits per heavy atom. The van der Waals surface area contributed by atoms with E-state index in [1.165, 1.54) is 0 Å². The smallest absolute Gasteiger partial charge is 0.306 e. The number of nitrogens with two attached hydrogens (primary N) is 1. The van der Waals surface area contributed by atoms with E-state index in [0.717, 1.165) is 0 Å². The van der Waals surface area contributed by atoms with E-state index in [0.29, 0.717) is 18.8 Å². The molecular weight excluding hydrogens is 170 g/mol. The van der Waals surface area contributed by atoms with E-state index in [9.17, 15) is 9.59 Å². The minimum absolute atomic E-state index is 0.156. The van der Waals surface area contributed by atoms with Gasteiger partial charge in [-0.1, -0.05) is 13.8 Å².